The zero-order valence-corrected chi connectivity index (χ0v) is 12.6. The number of alkyl halides is 3. The van der Waals surface area contributed by atoms with E-state index in [4.69, 9.17) is 0 Å². The van der Waals surface area contributed by atoms with E-state index in [0.29, 0.717) is 17.0 Å². The Labute approximate surface area is 118 Å². The third-order valence-corrected chi connectivity index (χ3v) is 2.84. The van der Waals surface area contributed by atoms with E-state index < -0.39 is 11.9 Å². The summed E-state index contributed by atoms with van der Waals surface area (Å²) in [6.45, 7) is 12.5. The Bertz CT molecular complexity index is 480. The van der Waals surface area contributed by atoms with Gasteiger partial charge in [0.15, 0.2) is 0 Å². The fourth-order valence-corrected chi connectivity index (χ4v) is 1.77. The molecule has 0 aliphatic carbocycles. The van der Waals surface area contributed by atoms with Gasteiger partial charge in [-0.1, -0.05) is 25.3 Å². The molecule has 0 saturated heterocycles. The molecule has 0 unspecified atom stereocenters. The zero-order valence-electron chi connectivity index (χ0n) is 12.6. The first-order valence-electron chi connectivity index (χ1n) is 6.07. The van der Waals surface area contributed by atoms with Crippen molar-refractivity contribution < 1.29 is 13.2 Å². The van der Waals surface area contributed by atoms with Crippen LogP contribution in [-0.2, 0) is 0 Å². The number of nitrogens with zero attached hydrogens (tertiary/aromatic N) is 2. The Morgan fingerprint density at radius 3 is 1.90 bits per heavy atom. The van der Waals surface area contributed by atoms with Gasteiger partial charge in [0.25, 0.3) is 0 Å². The molecular weight excluding hydrogens is 265 g/mol. The summed E-state index contributed by atoms with van der Waals surface area (Å²) in [7, 11) is 2.78. The number of aliphatic imine (C=N–C) groups is 1. The van der Waals surface area contributed by atoms with Crippen LogP contribution in [0.4, 0.5) is 13.2 Å². The lowest BCUT2D eigenvalue weighted by Crippen LogP contribution is -2.30. The van der Waals surface area contributed by atoms with Crippen LogP contribution in [0, 0.1) is 0 Å². The minimum atomic E-state index is -4.50. The van der Waals surface area contributed by atoms with Crippen molar-refractivity contribution in [2.45, 2.75) is 26.9 Å². The van der Waals surface area contributed by atoms with E-state index in [2.05, 4.69) is 18.2 Å². The Morgan fingerprint density at radius 2 is 1.65 bits per heavy atom. The van der Waals surface area contributed by atoms with Crippen LogP contribution in [0.15, 0.2) is 52.8 Å². The number of hydrogen-bond acceptors (Lipinski definition) is 2. The van der Waals surface area contributed by atoms with E-state index in [1.165, 1.54) is 6.08 Å². The highest BCUT2D eigenvalue weighted by Crippen LogP contribution is 2.29. The molecule has 0 spiro atoms. The van der Waals surface area contributed by atoms with Crippen molar-refractivity contribution in [3.8, 4) is 0 Å². The standard InChI is InChI=1S/C15H21F3N2/c1-8-12(14(19-6)15(16,17)18)13(9-2)20(7)11(5)10(3)4/h8-9H,3,5H2,1-2,4,6-7H3/b12-8-,13-9-,19-14?. The van der Waals surface area contributed by atoms with E-state index in [0.717, 1.165) is 7.05 Å². The molecule has 0 atom stereocenters. The van der Waals surface area contributed by atoms with Crippen molar-refractivity contribution in [1.82, 2.24) is 4.90 Å². The molecule has 0 saturated carbocycles. The number of likely N-dealkylation sites (N-methyl/N-ethyl adjacent to an activating group) is 1. The summed E-state index contributed by atoms with van der Waals surface area (Å²) in [6, 6.07) is 0. The highest BCUT2D eigenvalue weighted by molar-refractivity contribution is 6.07. The van der Waals surface area contributed by atoms with Gasteiger partial charge in [-0.25, -0.2) is 0 Å². The number of hydrogen-bond donors (Lipinski definition) is 0. The summed E-state index contributed by atoms with van der Waals surface area (Å²) in [6.07, 6.45) is -1.51. The molecule has 0 fully saturated rings. The average Bonchev–Trinajstić information content (AvgIpc) is 2.35. The van der Waals surface area contributed by atoms with Gasteiger partial charge in [0.05, 0.1) is 0 Å². The molecule has 0 rings (SSSR count). The van der Waals surface area contributed by atoms with E-state index in [-0.39, 0.29) is 5.57 Å². The molecule has 0 aliphatic rings. The average molecular weight is 286 g/mol. The Balaban J connectivity index is 5.77. The second-order valence-corrected chi connectivity index (χ2v) is 4.23. The van der Waals surface area contributed by atoms with Gasteiger partial charge in [0.2, 0.25) is 0 Å². The summed E-state index contributed by atoms with van der Waals surface area (Å²) >= 11 is 0. The fourth-order valence-electron chi connectivity index (χ4n) is 1.77. The van der Waals surface area contributed by atoms with Crippen LogP contribution in [-0.4, -0.2) is 30.9 Å². The lowest BCUT2D eigenvalue weighted by molar-refractivity contribution is -0.0583. The molecule has 2 nitrogen and oxygen atoms in total. The summed E-state index contributed by atoms with van der Waals surface area (Å²) in [5.74, 6) is 0. The molecule has 0 amide bonds. The lowest BCUT2D eigenvalue weighted by atomic mass is 10.0. The van der Waals surface area contributed by atoms with Crippen LogP contribution >= 0.6 is 0 Å². The topological polar surface area (TPSA) is 15.6 Å². The van der Waals surface area contributed by atoms with Crippen LogP contribution in [0.25, 0.3) is 0 Å². The minimum Gasteiger partial charge on any atom is -0.345 e. The summed E-state index contributed by atoms with van der Waals surface area (Å²) < 4.78 is 39.1. The molecule has 0 bridgehead atoms. The Morgan fingerprint density at radius 1 is 1.15 bits per heavy atom. The highest BCUT2D eigenvalue weighted by atomic mass is 19.4. The number of rotatable bonds is 5. The molecular formula is C15H21F3N2. The van der Waals surface area contributed by atoms with Crippen LogP contribution in [0.5, 0.6) is 0 Å². The minimum absolute atomic E-state index is 0.0207. The maximum absolute atomic E-state index is 13.0. The molecule has 0 heterocycles. The van der Waals surface area contributed by atoms with Crippen molar-refractivity contribution in [2.75, 3.05) is 14.1 Å². The fraction of sp³-hybridized carbons (Fsp3) is 0.400. The van der Waals surface area contributed by atoms with Gasteiger partial charge in [-0.05, 0) is 26.3 Å². The summed E-state index contributed by atoms with van der Waals surface area (Å²) in [5.41, 5.74) is 0.736. The van der Waals surface area contributed by atoms with Crippen LogP contribution in [0.1, 0.15) is 20.8 Å². The third-order valence-electron chi connectivity index (χ3n) is 2.84. The molecule has 112 valence electrons. The van der Waals surface area contributed by atoms with Crippen molar-refractivity contribution in [3.63, 3.8) is 0 Å². The smallest absolute Gasteiger partial charge is 0.345 e. The van der Waals surface area contributed by atoms with Gasteiger partial charge in [0, 0.05) is 31.1 Å². The number of halogens is 3. The van der Waals surface area contributed by atoms with Gasteiger partial charge >= 0.3 is 6.18 Å². The zero-order chi connectivity index (χ0) is 16.1. The van der Waals surface area contributed by atoms with Gasteiger partial charge in [-0.15, -0.1) is 0 Å². The maximum atomic E-state index is 13.0. The first-order valence-corrected chi connectivity index (χ1v) is 6.07. The lowest BCUT2D eigenvalue weighted by Gasteiger charge is -2.27. The molecule has 0 aromatic carbocycles. The number of allylic oxidation sites excluding steroid dienone is 4. The highest BCUT2D eigenvalue weighted by Gasteiger charge is 2.38. The largest absolute Gasteiger partial charge is 0.433 e. The van der Waals surface area contributed by atoms with Gasteiger partial charge in [-0.2, -0.15) is 13.2 Å². The maximum Gasteiger partial charge on any atom is 0.433 e. The quantitative estimate of drug-likeness (QED) is 0.537. The molecule has 0 aliphatic heterocycles. The third kappa shape index (κ3) is 4.11. The van der Waals surface area contributed by atoms with E-state index in [1.54, 1.807) is 38.8 Å². The first-order chi connectivity index (χ1) is 9.11. The predicted molar refractivity (Wildman–Crippen MR) is 78.6 cm³/mol. The molecule has 0 aromatic heterocycles. The SMILES string of the molecule is C=C(C)C(=C)N(C)C(=C\C)/C(=C/C)C(=NC)C(F)(F)F. The predicted octanol–water partition coefficient (Wildman–Crippen LogP) is 4.49. The second kappa shape index (κ2) is 7.12. The van der Waals surface area contributed by atoms with Crippen LogP contribution in [0.3, 0.4) is 0 Å². The van der Waals surface area contributed by atoms with Crippen LogP contribution in [0.2, 0.25) is 0 Å². The molecule has 20 heavy (non-hydrogen) atoms. The van der Waals surface area contributed by atoms with E-state index in [9.17, 15) is 13.2 Å². The normalized spacial score (nSPS) is 14.3. The van der Waals surface area contributed by atoms with Crippen molar-refractivity contribution in [3.05, 3.63) is 47.9 Å². The summed E-state index contributed by atoms with van der Waals surface area (Å²) in [5, 5.41) is 0. The first kappa shape index (κ1) is 18.2. The van der Waals surface area contributed by atoms with E-state index in [1.807, 2.05) is 0 Å². The Hall–Kier alpha value is -1.78. The second-order valence-electron chi connectivity index (χ2n) is 4.23. The van der Waals surface area contributed by atoms with Crippen molar-refractivity contribution in [2.24, 2.45) is 4.99 Å². The van der Waals surface area contributed by atoms with E-state index >= 15 is 0 Å². The van der Waals surface area contributed by atoms with Crippen molar-refractivity contribution in [1.29, 1.82) is 0 Å². The Kier molecular flexibility index (Phi) is 6.49. The van der Waals surface area contributed by atoms with Gasteiger partial charge in [0.1, 0.15) is 5.71 Å². The van der Waals surface area contributed by atoms with Gasteiger partial charge in [-0.3, -0.25) is 4.99 Å². The van der Waals surface area contributed by atoms with Crippen LogP contribution < -0.4 is 0 Å². The molecule has 0 aromatic rings. The van der Waals surface area contributed by atoms with Gasteiger partial charge < -0.3 is 4.90 Å². The van der Waals surface area contributed by atoms with Crippen molar-refractivity contribution >= 4 is 5.71 Å². The molecule has 0 radical (unpaired) electrons. The molecule has 5 heteroatoms. The summed E-state index contributed by atoms with van der Waals surface area (Å²) in [4.78, 5) is 4.97. The molecule has 0 N–H and O–H groups in total. The monoisotopic (exact) mass is 286 g/mol.